The second-order valence-electron chi connectivity index (χ2n) is 12.2. The molecule has 1 rings (SSSR count). The molecule has 1 aromatic carbocycles. The van der Waals surface area contributed by atoms with Gasteiger partial charge in [-0.3, -0.25) is 0 Å². The fourth-order valence-electron chi connectivity index (χ4n) is 4.50. The number of aryl methyl sites for hydroxylation is 2. The minimum absolute atomic E-state index is 0.633. The number of hydrogen-bond acceptors (Lipinski definition) is 12. The number of hydrogen-bond donors (Lipinski definition) is 4. The van der Waals surface area contributed by atoms with Gasteiger partial charge in [0.1, 0.15) is 0 Å². The molecular formula is C36H67NS11. The zero-order valence-electron chi connectivity index (χ0n) is 29.8. The number of benzene rings is 1. The summed E-state index contributed by atoms with van der Waals surface area (Å²) in [7, 11) is 0. The quantitative estimate of drug-likeness (QED) is 0.0389. The van der Waals surface area contributed by atoms with Crippen LogP contribution in [0.4, 0.5) is 0 Å². The van der Waals surface area contributed by atoms with E-state index in [-0.39, 0.29) is 0 Å². The average Bonchev–Trinajstić information content (AvgIpc) is 3.11. The van der Waals surface area contributed by atoms with Gasteiger partial charge >= 0.3 is 0 Å². The van der Waals surface area contributed by atoms with Crippen molar-refractivity contribution in [3.63, 3.8) is 0 Å². The molecule has 0 radical (unpaired) electrons. The fraction of sp³-hybridized carbons (Fsp3) is 0.833. The van der Waals surface area contributed by atoms with Crippen molar-refractivity contribution in [2.24, 2.45) is 29.4 Å². The van der Waals surface area contributed by atoms with E-state index in [0.717, 1.165) is 41.6 Å². The van der Waals surface area contributed by atoms with Crippen molar-refractivity contribution in [3.8, 4) is 0 Å². The predicted octanol–water partition coefficient (Wildman–Crippen LogP) is 10.7. The first-order chi connectivity index (χ1) is 23.6. The lowest BCUT2D eigenvalue weighted by atomic mass is 10.1. The van der Waals surface area contributed by atoms with Gasteiger partial charge in [-0.05, 0) is 153 Å². The molecule has 0 aliphatic carbocycles. The molecule has 0 bridgehead atoms. The van der Waals surface area contributed by atoms with Crippen LogP contribution in [0.3, 0.4) is 0 Å². The van der Waals surface area contributed by atoms with Crippen molar-refractivity contribution in [1.82, 2.24) is 0 Å². The highest BCUT2D eigenvalue weighted by atomic mass is 32.2. The standard InChI is InChI=1S/C36H67NS11/c1-3-10-43-25-34(20-38)28-47-24-33(19-37)23-45-16-14-41-12-8-31-6-5-7-32(18-31)9-13-42-15-17-46-27-36(22-40)30-48-29-35(21-39)26-44-11-4-2/h5-7,18,33-36,38-40H,3-4,8-17,19-30,37H2,1-2H3. The van der Waals surface area contributed by atoms with Crippen molar-refractivity contribution in [3.05, 3.63) is 35.4 Å². The molecule has 4 atom stereocenters. The van der Waals surface area contributed by atoms with Gasteiger partial charge in [-0.2, -0.15) is 132 Å². The predicted molar refractivity (Wildman–Crippen MR) is 258 cm³/mol. The summed E-state index contributed by atoms with van der Waals surface area (Å²) in [4.78, 5) is 0. The maximum atomic E-state index is 6.11. The molecule has 0 spiro atoms. The number of rotatable bonds is 36. The summed E-state index contributed by atoms with van der Waals surface area (Å²) in [5.74, 6) is 25.7. The molecule has 2 N–H and O–H groups in total. The van der Waals surface area contributed by atoms with Gasteiger partial charge in [-0.25, -0.2) is 0 Å². The van der Waals surface area contributed by atoms with Gasteiger partial charge in [-0.15, -0.1) is 0 Å². The Morgan fingerprint density at radius 3 is 1.23 bits per heavy atom. The van der Waals surface area contributed by atoms with Gasteiger partial charge in [-0.1, -0.05) is 38.1 Å². The molecule has 0 heterocycles. The van der Waals surface area contributed by atoms with Gasteiger partial charge in [0.15, 0.2) is 0 Å². The van der Waals surface area contributed by atoms with Crippen LogP contribution < -0.4 is 5.73 Å². The van der Waals surface area contributed by atoms with Crippen LogP contribution in [0.2, 0.25) is 0 Å². The van der Waals surface area contributed by atoms with E-state index in [2.05, 4.69) is 170 Å². The van der Waals surface area contributed by atoms with E-state index >= 15 is 0 Å². The summed E-state index contributed by atoms with van der Waals surface area (Å²) in [6, 6.07) is 9.34. The molecule has 0 saturated heterocycles. The summed E-state index contributed by atoms with van der Waals surface area (Å²) < 4.78 is 0. The Labute approximate surface area is 348 Å². The van der Waals surface area contributed by atoms with E-state index in [0.29, 0.717) is 5.92 Å². The van der Waals surface area contributed by atoms with Crippen molar-refractivity contribution in [1.29, 1.82) is 0 Å². The third kappa shape index (κ3) is 28.5. The molecule has 0 amide bonds. The third-order valence-corrected chi connectivity index (χ3v) is 19.5. The molecule has 0 fully saturated rings. The lowest BCUT2D eigenvalue weighted by molar-refractivity contribution is 0.684. The largest absolute Gasteiger partial charge is 0.330 e. The van der Waals surface area contributed by atoms with E-state index < -0.39 is 0 Å². The van der Waals surface area contributed by atoms with E-state index in [1.807, 2.05) is 0 Å². The maximum Gasteiger partial charge on any atom is 0.00237 e. The Kier molecular flexibility index (Phi) is 37.8. The summed E-state index contributed by atoms with van der Waals surface area (Å²) in [5, 5.41) is 0. The Balaban J connectivity index is 2.09. The van der Waals surface area contributed by atoms with Crippen LogP contribution in [0.15, 0.2) is 24.3 Å². The fourth-order valence-corrected chi connectivity index (χ4v) is 16.1. The van der Waals surface area contributed by atoms with Gasteiger partial charge in [0.25, 0.3) is 0 Å². The van der Waals surface area contributed by atoms with Crippen molar-refractivity contribution in [2.45, 2.75) is 39.5 Å². The van der Waals surface area contributed by atoms with Crippen molar-refractivity contribution < 1.29 is 0 Å². The average molecular weight is 867 g/mol. The minimum Gasteiger partial charge on any atom is -0.330 e. The van der Waals surface area contributed by atoms with E-state index in [4.69, 9.17) is 5.73 Å². The molecule has 0 aliphatic rings. The second kappa shape index (κ2) is 37.0. The van der Waals surface area contributed by atoms with Gasteiger partial charge < -0.3 is 5.73 Å². The molecule has 282 valence electrons. The van der Waals surface area contributed by atoms with Gasteiger partial charge in [0.05, 0.1) is 0 Å². The minimum atomic E-state index is 0.633. The molecule has 0 aromatic heterocycles. The van der Waals surface area contributed by atoms with Crippen LogP contribution in [0.5, 0.6) is 0 Å². The van der Waals surface area contributed by atoms with Crippen molar-refractivity contribution >= 4 is 132 Å². The highest BCUT2D eigenvalue weighted by Crippen LogP contribution is 2.23. The zero-order valence-corrected chi connectivity index (χ0v) is 39.0. The van der Waals surface area contributed by atoms with Gasteiger partial charge in [0, 0.05) is 23.0 Å². The summed E-state index contributed by atoms with van der Waals surface area (Å²) in [6.07, 6.45) is 4.90. The molecule has 0 saturated carbocycles. The molecule has 12 heteroatoms. The summed E-state index contributed by atoms with van der Waals surface area (Å²) in [5.41, 5.74) is 9.11. The number of nitrogens with two attached hydrogens (primary N) is 1. The van der Waals surface area contributed by atoms with E-state index in [1.54, 1.807) is 0 Å². The van der Waals surface area contributed by atoms with Crippen LogP contribution in [0, 0.1) is 23.7 Å². The molecule has 1 aromatic rings. The van der Waals surface area contributed by atoms with Crippen LogP contribution >= 0.6 is 132 Å². The Morgan fingerprint density at radius 2 is 0.833 bits per heavy atom. The van der Waals surface area contributed by atoms with Crippen LogP contribution in [-0.4, -0.2) is 116 Å². The first-order valence-corrected chi connectivity index (χ1v) is 29.0. The maximum absolute atomic E-state index is 6.11. The number of thioether (sulfide) groups is 8. The topological polar surface area (TPSA) is 26.0 Å². The van der Waals surface area contributed by atoms with Crippen LogP contribution in [0.25, 0.3) is 0 Å². The molecular weight excluding hydrogens is 799 g/mol. The zero-order chi connectivity index (χ0) is 34.9. The highest BCUT2D eigenvalue weighted by Gasteiger charge is 2.13. The normalized spacial score (nSPS) is 14.3. The highest BCUT2D eigenvalue weighted by molar-refractivity contribution is 8.03. The molecule has 48 heavy (non-hydrogen) atoms. The lowest BCUT2D eigenvalue weighted by Crippen LogP contribution is -2.21. The summed E-state index contributed by atoms with van der Waals surface area (Å²) >= 11 is 30.7. The lowest BCUT2D eigenvalue weighted by Gasteiger charge is -2.17. The first-order valence-electron chi connectivity index (χ1n) is 17.8. The van der Waals surface area contributed by atoms with E-state index in [9.17, 15) is 0 Å². The first kappa shape index (κ1) is 49.0. The third-order valence-electron chi connectivity index (χ3n) is 7.44. The Morgan fingerprint density at radius 1 is 0.479 bits per heavy atom. The Hall–Kier alpha value is 3.03. The van der Waals surface area contributed by atoms with E-state index in [1.165, 1.54) is 129 Å². The van der Waals surface area contributed by atoms with Crippen LogP contribution in [-0.2, 0) is 12.8 Å². The Bertz CT molecular complexity index is 761. The SMILES string of the molecule is CCCSCC(CS)CSCC(CN)CSCCSCCc1cccc(CCSCCSCC(CS)CSCC(CS)CSCCC)c1. The monoisotopic (exact) mass is 865 g/mol. The van der Waals surface area contributed by atoms with Gasteiger partial charge in [0.2, 0.25) is 0 Å². The van der Waals surface area contributed by atoms with Crippen LogP contribution in [0.1, 0.15) is 37.8 Å². The molecule has 4 unspecified atom stereocenters. The second-order valence-corrected chi connectivity index (χ2v) is 22.5. The van der Waals surface area contributed by atoms with Crippen molar-refractivity contribution in [2.75, 3.05) is 116 Å². The number of thiol groups is 3. The molecule has 1 nitrogen and oxygen atoms in total. The smallest absolute Gasteiger partial charge is 0.00237 e. The summed E-state index contributed by atoms with van der Waals surface area (Å²) in [6.45, 7) is 5.34. The molecule has 0 aliphatic heterocycles.